The summed E-state index contributed by atoms with van der Waals surface area (Å²) in [4.78, 5) is 1.17. The summed E-state index contributed by atoms with van der Waals surface area (Å²) in [5, 5.41) is 11.1. The molecule has 0 aliphatic rings. The lowest BCUT2D eigenvalue weighted by Crippen LogP contribution is -1.96. The van der Waals surface area contributed by atoms with Crippen molar-refractivity contribution in [3.63, 3.8) is 0 Å². The van der Waals surface area contributed by atoms with E-state index in [2.05, 4.69) is 171 Å². The van der Waals surface area contributed by atoms with Crippen molar-refractivity contribution in [2.24, 2.45) is 0 Å². The first kappa shape index (κ1) is 31.3. The Bertz CT molecular complexity index is 2950. The van der Waals surface area contributed by atoms with Crippen LogP contribution in [0.3, 0.4) is 0 Å². The number of benzene rings is 8. The molecule has 8 aromatic carbocycles. The molecule has 0 atom stereocenters. The van der Waals surface area contributed by atoms with Gasteiger partial charge in [-0.15, -0.1) is 11.3 Å². The zero-order valence-electron chi connectivity index (χ0n) is 29.3. The molecule has 2 heteroatoms. The lowest BCUT2D eigenvalue weighted by atomic mass is 9.83. The molecule has 0 fully saturated rings. The van der Waals surface area contributed by atoms with Gasteiger partial charge in [0, 0.05) is 31.7 Å². The summed E-state index contributed by atoms with van der Waals surface area (Å²) < 4.78 is 6.86. The van der Waals surface area contributed by atoms with Crippen LogP contribution < -0.4 is 0 Å². The Kier molecular flexibility index (Phi) is 7.45. The van der Waals surface area contributed by atoms with Gasteiger partial charge < -0.3 is 4.42 Å². The normalized spacial score (nSPS) is 12.1. The number of furan rings is 1. The highest BCUT2D eigenvalue weighted by Gasteiger charge is 2.23. The summed E-state index contributed by atoms with van der Waals surface area (Å²) in [5.74, 6) is 0. The van der Waals surface area contributed by atoms with E-state index >= 15 is 0 Å². The molecule has 0 saturated carbocycles. The summed E-state index contributed by atoms with van der Waals surface area (Å²) in [6, 6.07) is 55.3. The quantitative estimate of drug-likeness (QED) is 0.158. The van der Waals surface area contributed by atoms with E-state index in [9.17, 15) is 0 Å². The highest BCUT2D eigenvalue weighted by molar-refractivity contribution is 7.20. The molecule has 1 nitrogen and oxygen atoms in total. The van der Waals surface area contributed by atoms with Crippen molar-refractivity contribution in [2.75, 3.05) is 0 Å². The highest BCUT2D eigenvalue weighted by atomic mass is 32.1. The lowest BCUT2D eigenvalue weighted by Gasteiger charge is -2.20. The molecule has 53 heavy (non-hydrogen) atoms. The van der Waals surface area contributed by atoms with E-state index in [-0.39, 0.29) is 0 Å². The summed E-state index contributed by atoms with van der Waals surface area (Å²) >= 11 is 1.81. The van der Waals surface area contributed by atoms with Gasteiger partial charge in [0.1, 0.15) is 0 Å². The first-order valence-corrected chi connectivity index (χ1v) is 18.9. The average molecular weight is 695 g/mol. The number of thiophene rings is 1. The van der Waals surface area contributed by atoms with Crippen LogP contribution in [0.15, 0.2) is 181 Å². The molecule has 250 valence electrons. The van der Waals surface area contributed by atoms with Crippen molar-refractivity contribution in [2.45, 2.75) is 6.92 Å². The van der Waals surface area contributed by atoms with Gasteiger partial charge >= 0.3 is 0 Å². The predicted octanol–water partition coefficient (Wildman–Crippen LogP) is 15.2. The first-order chi connectivity index (χ1) is 26.2. The van der Waals surface area contributed by atoms with E-state index in [4.69, 9.17) is 4.42 Å². The van der Waals surface area contributed by atoms with Gasteiger partial charge in [0.25, 0.3) is 0 Å². The van der Waals surface area contributed by atoms with Crippen molar-refractivity contribution < 1.29 is 4.42 Å². The van der Waals surface area contributed by atoms with Crippen molar-refractivity contribution in [3.05, 3.63) is 193 Å². The monoisotopic (exact) mass is 694 g/mol. The number of hydrogen-bond acceptors (Lipinski definition) is 2. The molecule has 2 heterocycles. The second-order valence-electron chi connectivity index (χ2n) is 13.5. The zero-order valence-corrected chi connectivity index (χ0v) is 30.1. The fraction of sp³-hybridized carbons (Fsp3) is 0.0196. The topological polar surface area (TPSA) is 13.1 Å². The Hall–Kier alpha value is -6.48. The predicted molar refractivity (Wildman–Crippen MR) is 230 cm³/mol. The van der Waals surface area contributed by atoms with Gasteiger partial charge in [-0.05, 0) is 102 Å². The number of allylic oxidation sites excluding steroid dienone is 1. The summed E-state index contributed by atoms with van der Waals surface area (Å²) in [6.07, 6.45) is 7.95. The Morgan fingerprint density at radius 2 is 0.981 bits per heavy atom. The summed E-state index contributed by atoms with van der Waals surface area (Å²) in [6.45, 7) is 6.52. The van der Waals surface area contributed by atoms with Crippen LogP contribution in [0.4, 0.5) is 0 Å². The number of hydrogen-bond donors (Lipinski definition) is 0. The number of fused-ring (bicyclic) bond motifs is 5. The maximum Gasteiger partial charge on any atom is 0.0981 e. The average Bonchev–Trinajstić information content (AvgIpc) is 3.88. The molecule has 0 bridgehead atoms. The lowest BCUT2D eigenvalue weighted by molar-refractivity contribution is 0.568. The minimum absolute atomic E-state index is 1.08. The van der Waals surface area contributed by atoms with Crippen LogP contribution in [-0.4, -0.2) is 0 Å². The maximum absolute atomic E-state index is 5.61. The van der Waals surface area contributed by atoms with Crippen LogP contribution in [0.1, 0.15) is 22.9 Å². The Balaban J connectivity index is 1.27. The smallest absolute Gasteiger partial charge is 0.0981 e. The zero-order chi connectivity index (χ0) is 35.5. The van der Waals surface area contributed by atoms with Crippen LogP contribution in [0.25, 0.3) is 98.2 Å². The van der Waals surface area contributed by atoms with Gasteiger partial charge in [0.2, 0.25) is 0 Å². The molecule has 0 spiro atoms. The third-order valence-corrected chi connectivity index (χ3v) is 11.9. The molecule has 0 amide bonds. The second-order valence-corrected chi connectivity index (χ2v) is 14.6. The van der Waals surface area contributed by atoms with Crippen LogP contribution in [0, 0.1) is 0 Å². The summed E-state index contributed by atoms with van der Waals surface area (Å²) in [7, 11) is 0. The summed E-state index contributed by atoms with van der Waals surface area (Å²) in [5.41, 5.74) is 10.9. The van der Waals surface area contributed by atoms with Crippen LogP contribution in [-0.2, 0) is 0 Å². The molecule has 10 rings (SSSR count). The molecular formula is C51H34OS. The molecular weight excluding hydrogens is 661 g/mol. The third kappa shape index (κ3) is 4.84. The van der Waals surface area contributed by atoms with Crippen molar-refractivity contribution in [1.29, 1.82) is 0 Å². The molecule has 2 aromatic heterocycles. The second kappa shape index (κ2) is 12.6. The molecule has 0 aliphatic heterocycles. The van der Waals surface area contributed by atoms with Crippen LogP contribution >= 0.6 is 11.3 Å². The van der Waals surface area contributed by atoms with Gasteiger partial charge in [0.05, 0.1) is 12.5 Å². The standard InChI is InChI=1S/C51H34OS/c1-3-35(50-42-24-14-12-22-40(42)49(34-28-29-52-31-34)41-23-13-15-25-43(41)50)51-44-30-33(26-27-46(44)53-45(51)4-2)48-38-20-10-8-18-36(38)47(32-16-6-5-7-17-32)37-19-9-11-21-39(37)48/h3-31H,2H2,1H3/b35-3-. The SMILES string of the molecule is C=Cc1sc2ccc(-c3c4ccccc4c(-c4ccccc4)c4ccccc34)cc2c1/C(=C\C)c1c2ccccc2c(-c2ccoc2)c2ccccc12. The molecule has 10 aromatic rings. The maximum atomic E-state index is 5.61. The van der Waals surface area contributed by atoms with E-state index in [1.54, 1.807) is 6.26 Å². The number of rotatable bonds is 6. The van der Waals surface area contributed by atoms with Gasteiger partial charge in [-0.25, -0.2) is 0 Å². The van der Waals surface area contributed by atoms with Gasteiger partial charge in [-0.2, -0.15) is 0 Å². The largest absolute Gasteiger partial charge is 0.472 e. The van der Waals surface area contributed by atoms with Crippen LogP contribution in [0.5, 0.6) is 0 Å². The molecule has 0 unspecified atom stereocenters. The molecule has 0 aliphatic carbocycles. The fourth-order valence-corrected chi connectivity index (χ4v) is 9.65. The van der Waals surface area contributed by atoms with Gasteiger partial charge in [-0.1, -0.05) is 152 Å². The van der Waals surface area contributed by atoms with Gasteiger partial charge in [-0.3, -0.25) is 0 Å². The Morgan fingerprint density at radius 3 is 1.49 bits per heavy atom. The fourth-order valence-electron chi connectivity index (χ4n) is 8.60. The van der Waals surface area contributed by atoms with E-state index < -0.39 is 0 Å². The van der Waals surface area contributed by atoms with Crippen molar-refractivity contribution in [3.8, 4) is 33.4 Å². The highest BCUT2D eigenvalue weighted by Crippen LogP contribution is 2.49. The first-order valence-electron chi connectivity index (χ1n) is 18.1. The molecule has 0 N–H and O–H groups in total. The van der Waals surface area contributed by atoms with Crippen molar-refractivity contribution in [1.82, 2.24) is 0 Å². The van der Waals surface area contributed by atoms with E-state index in [1.165, 1.54) is 103 Å². The van der Waals surface area contributed by atoms with E-state index in [1.807, 2.05) is 23.7 Å². The van der Waals surface area contributed by atoms with E-state index in [0.29, 0.717) is 0 Å². The molecule has 0 saturated heterocycles. The minimum atomic E-state index is 1.08. The van der Waals surface area contributed by atoms with Crippen LogP contribution in [0.2, 0.25) is 0 Å². The minimum Gasteiger partial charge on any atom is -0.472 e. The third-order valence-electron chi connectivity index (χ3n) is 10.8. The Morgan fingerprint density at radius 1 is 0.491 bits per heavy atom. The van der Waals surface area contributed by atoms with Crippen molar-refractivity contribution >= 4 is 76.2 Å². The van der Waals surface area contributed by atoms with E-state index in [0.717, 1.165) is 5.56 Å². The molecule has 0 radical (unpaired) electrons. The van der Waals surface area contributed by atoms with Gasteiger partial charge in [0.15, 0.2) is 0 Å². The Labute approximate surface area is 312 Å².